The summed E-state index contributed by atoms with van der Waals surface area (Å²) in [5, 5.41) is 30.8. The Morgan fingerprint density at radius 2 is 0.873 bits per heavy atom. The Kier molecular flexibility index (Phi) is 20.0. The smallest absolute Gasteiger partial charge is 0.337 e. The number of aromatic hydroxyl groups is 2. The number of amides is 6. The van der Waals surface area contributed by atoms with Gasteiger partial charge in [0.1, 0.15) is 26.4 Å². The molecule has 4 aromatic carbocycles. The lowest BCUT2D eigenvalue weighted by Gasteiger charge is -2.28. The average Bonchev–Trinajstić information content (AvgIpc) is 3.33. The highest BCUT2D eigenvalue weighted by atomic mass is 19.2. The SMILES string of the molecule is O=C(COCC(=O)Oc1c(F)c(O)c(F)c(F)c1F)Nc1ccc(CCC(=O)N2CCC2=O)cc1.O=C(O)COCC(=O)Nc1ccc(CCC(=O)N2CCC2=O)cc1.Oc1c(F)c(F)c(F)c(F)c1F. The predicted octanol–water partition coefficient (Wildman–Crippen LogP) is 4.71. The number of likely N-dealkylation sites (tertiary alicyclic amines) is 2. The molecule has 6 amide bonds. The summed E-state index contributed by atoms with van der Waals surface area (Å²) in [6.45, 7) is -1.56. The third kappa shape index (κ3) is 15.5. The van der Waals surface area contributed by atoms with Gasteiger partial charge in [0.25, 0.3) is 0 Å². The molecule has 0 bridgehead atoms. The summed E-state index contributed by atoms with van der Waals surface area (Å²) in [4.78, 5) is 93.8. The Balaban J connectivity index is 0.000000261. The molecule has 71 heavy (non-hydrogen) atoms. The van der Waals surface area contributed by atoms with Crippen LogP contribution in [0.15, 0.2) is 48.5 Å². The van der Waals surface area contributed by atoms with E-state index in [9.17, 15) is 77.9 Å². The maximum Gasteiger partial charge on any atom is 0.337 e. The maximum absolute atomic E-state index is 13.6. The second kappa shape index (κ2) is 25.5. The Morgan fingerprint density at radius 3 is 1.24 bits per heavy atom. The summed E-state index contributed by atoms with van der Waals surface area (Å²) in [6, 6.07) is 13.4. The van der Waals surface area contributed by atoms with Crippen LogP contribution in [0.3, 0.4) is 0 Å². The molecule has 5 N–H and O–H groups in total. The van der Waals surface area contributed by atoms with E-state index in [1.54, 1.807) is 48.5 Å². The Hall–Kier alpha value is -8.07. The van der Waals surface area contributed by atoms with Crippen molar-refractivity contribution in [2.75, 3.05) is 50.2 Å². The van der Waals surface area contributed by atoms with Crippen molar-refractivity contribution in [3.8, 4) is 17.2 Å². The number of halogens is 9. The summed E-state index contributed by atoms with van der Waals surface area (Å²) < 4.78 is 128. The number of anilines is 2. The van der Waals surface area contributed by atoms with Crippen molar-refractivity contribution in [1.82, 2.24) is 9.80 Å². The van der Waals surface area contributed by atoms with E-state index in [1.165, 1.54) is 9.80 Å². The van der Waals surface area contributed by atoms with Gasteiger partial charge in [-0.25, -0.2) is 27.2 Å². The van der Waals surface area contributed by atoms with Crippen LogP contribution in [0.4, 0.5) is 50.9 Å². The van der Waals surface area contributed by atoms with E-state index in [2.05, 4.69) is 20.1 Å². The van der Waals surface area contributed by atoms with E-state index in [0.717, 1.165) is 11.1 Å². The summed E-state index contributed by atoms with van der Waals surface area (Å²) >= 11 is 0. The fourth-order valence-corrected chi connectivity index (χ4v) is 5.72. The molecule has 2 aliphatic heterocycles. The molecule has 27 heteroatoms. The fourth-order valence-electron chi connectivity index (χ4n) is 5.72. The van der Waals surface area contributed by atoms with Gasteiger partial charge in [-0.1, -0.05) is 24.3 Å². The molecule has 380 valence electrons. The first-order valence-corrected chi connectivity index (χ1v) is 20.3. The van der Waals surface area contributed by atoms with Gasteiger partial charge >= 0.3 is 11.9 Å². The molecule has 0 saturated carbocycles. The number of benzene rings is 4. The van der Waals surface area contributed by atoms with Crippen molar-refractivity contribution in [2.24, 2.45) is 0 Å². The highest BCUT2D eigenvalue weighted by molar-refractivity contribution is 6.00. The summed E-state index contributed by atoms with van der Waals surface area (Å²) in [5.74, 6) is -29.5. The molecule has 2 saturated heterocycles. The van der Waals surface area contributed by atoms with Crippen LogP contribution in [0.1, 0.15) is 36.8 Å². The first kappa shape index (κ1) is 55.5. The zero-order valence-electron chi connectivity index (χ0n) is 36.2. The van der Waals surface area contributed by atoms with E-state index in [4.69, 9.17) is 20.1 Å². The van der Waals surface area contributed by atoms with Crippen LogP contribution in [0, 0.1) is 52.4 Å². The van der Waals surface area contributed by atoms with Crippen molar-refractivity contribution < 1.29 is 107 Å². The van der Waals surface area contributed by atoms with Crippen LogP contribution in [0.2, 0.25) is 0 Å². The van der Waals surface area contributed by atoms with Crippen molar-refractivity contribution in [3.63, 3.8) is 0 Å². The van der Waals surface area contributed by atoms with Crippen LogP contribution in [0.5, 0.6) is 17.2 Å². The number of carboxylic acid groups (broad SMARTS) is 1. The molecule has 2 fully saturated rings. The maximum atomic E-state index is 13.6. The number of phenols is 2. The monoisotopic (exact) mass is 1020 g/mol. The molecule has 0 aliphatic carbocycles. The number of hydrogen-bond acceptors (Lipinski definition) is 13. The number of rotatable bonds is 17. The third-order valence-corrected chi connectivity index (χ3v) is 9.55. The molecule has 18 nitrogen and oxygen atoms in total. The van der Waals surface area contributed by atoms with Crippen LogP contribution < -0.4 is 15.4 Å². The number of imide groups is 2. The Bertz CT molecular complexity index is 2560. The number of nitrogens with zero attached hydrogens (tertiary/aromatic N) is 2. The zero-order chi connectivity index (χ0) is 52.7. The van der Waals surface area contributed by atoms with E-state index >= 15 is 0 Å². The molecule has 6 rings (SSSR count). The number of carboxylic acids is 1. The third-order valence-electron chi connectivity index (χ3n) is 9.55. The van der Waals surface area contributed by atoms with Crippen LogP contribution >= 0.6 is 0 Å². The van der Waals surface area contributed by atoms with E-state index < -0.39 is 113 Å². The summed E-state index contributed by atoms with van der Waals surface area (Å²) in [7, 11) is 0. The number of hydrogen-bond donors (Lipinski definition) is 5. The van der Waals surface area contributed by atoms with Gasteiger partial charge in [0, 0.05) is 50.1 Å². The minimum absolute atomic E-state index is 0.122. The summed E-state index contributed by atoms with van der Waals surface area (Å²) in [5.41, 5.74) is 2.63. The van der Waals surface area contributed by atoms with Crippen molar-refractivity contribution in [1.29, 1.82) is 0 Å². The lowest BCUT2D eigenvalue weighted by Crippen LogP contribution is -2.47. The summed E-state index contributed by atoms with van der Waals surface area (Å²) in [6.07, 6.45) is 2.16. The van der Waals surface area contributed by atoms with Gasteiger partial charge in [0.2, 0.25) is 93.5 Å². The number of esters is 1. The highest BCUT2D eigenvalue weighted by Crippen LogP contribution is 2.34. The van der Waals surface area contributed by atoms with Gasteiger partial charge in [0.15, 0.2) is 11.5 Å². The molecule has 0 aromatic heterocycles. The number of phenolic OH excluding ortho intramolecular Hbond substituents is 2. The molecule has 0 radical (unpaired) electrons. The molecule has 0 spiro atoms. The number of carbonyl (C=O) groups is 8. The Morgan fingerprint density at radius 1 is 0.507 bits per heavy atom. The quantitative estimate of drug-likeness (QED) is 0.0240. The second-order valence-corrected chi connectivity index (χ2v) is 14.6. The highest BCUT2D eigenvalue weighted by Gasteiger charge is 2.31. The van der Waals surface area contributed by atoms with Gasteiger partial charge in [-0.3, -0.25) is 38.6 Å². The number of aryl methyl sites for hydroxylation is 2. The lowest BCUT2D eigenvalue weighted by molar-refractivity contribution is -0.153. The normalized spacial score (nSPS) is 12.6. The predicted molar refractivity (Wildman–Crippen MR) is 220 cm³/mol. The van der Waals surface area contributed by atoms with Gasteiger partial charge in [-0.2, -0.15) is 22.0 Å². The number of aliphatic carboxylic acids is 1. The first-order chi connectivity index (χ1) is 33.5. The average molecular weight is 1020 g/mol. The van der Waals surface area contributed by atoms with E-state index in [0.29, 0.717) is 50.1 Å². The van der Waals surface area contributed by atoms with Crippen LogP contribution in [-0.4, -0.2) is 112 Å². The number of ether oxygens (including phenoxy) is 3. The molecular formula is C44H37F9N4O14. The number of nitrogens with one attached hydrogen (secondary N) is 2. The number of β-lactam (4-membered cyclic amide) rings is 2. The van der Waals surface area contributed by atoms with Crippen LogP contribution in [-0.2, 0) is 60.7 Å². The second-order valence-electron chi connectivity index (χ2n) is 14.6. The molecule has 0 atom stereocenters. The minimum Gasteiger partial charge on any atom is -0.503 e. The molecule has 2 heterocycles. The van der Waals surface area contributed by atoms with Gasteiger partial charge < -0.3 is 40.2 Å². The van der Waals surface area contributed by atoms with E-state index in [-0.39, 0.29) is 43.1 Å². The van der Waals surface area contributed by atoms with Crippen molar-refractivity contribution in [3.05, 3.63) is 112 Å². The Labute approximate surface area is 393 Å². The van der Waals surface area contributed by atoms with Crippen molar-refractivity contribution >= 4 is 58.8 Å². The van der Waals surface area contributed by atoms with E-state index in [1.807, 2.05) is 0 Å². The lowest BCUT2D eigenvalue weighted by atomic mass is 10.1. The van der Waals surface area contributed by atoms with Gasteiger partial charge in [-0.05, 0) is 48.2 Å². The van der Waals surface area contributed by atoms with Gasteiger partial charge in [0.05, 0.1) is 0 Å². The molecule has 4 aromatic rings. The van der Waals surface area contributed by atoms with Gasteiger partial charge in [-0.15, -0.1) is 0 Å². The first-order valence-electron chi connectivity index (χ1n) is 20.3. The molecule has 2 aliphatic rings. The topological polar surface area (TPSA) is 255 Å². The number of carbonyl (C=O) groups excluding carboxylic acids is 7. The fraction of sp³-hybridized carbons (Fsp3) is 0.273. The van der Waals surface area contributed by atoms with Crippen LogP contribution in [0.25, 0.3) is 0 Å². The van der Waals surface area contributed by atoms with Crippen molar-refractivity contribution in [2.45, 2.75) is 38.5 Å². The zero-order valence-corrected chi connectivity index (χ0v) is 36.2. The minimum atomic E-state index is -2.29. The standard InChI is InChI=1S/C22H18F4N2O7.C16H18N2O6.C6HF5O/c23-17-18(24)21(33)20(26)22(19(17)25)35-16(32)10-34-9-13(29)27-12-4-1-11(2-5-12)3-6-14(30)28-8-7-15(28)31;19-13(9-24-10-16(22)23)17-12-4-1-11(2-5-12)3-6-14(20)18-8-7-15(18)21;7-1-2(8)4(10)6(12)5(11)3(1)9/h1-2,4-5,33H,3,6-10H2,(H,27,29);1-2,4-5H,3,6-10H2,(H,17,19)(H,22,23);12H. The molecular weight excluding hydrogens is 979 g/mol. The molecule has 0 unspecified atom stereocenters. The largest absolute Gasteiger partial charge is 0.503 e.